The van der Waals surface area contributed by atoms with Crippen molar-refractivity contribution in [3.8, 4) is 0 Å². The van der Waals surface area contributed by atoms with Gasteiger partial charge in [-0.2, -0.15) is 0 Å². The van der Waals surface area contributed by atoms with E-state index in [0.717, 1.165) is 4.90 Å². The number of aromatic nitrogens is 1. The maximum absolute atomic E-state index is 11.1. The van der Waals surface area contributed by atoms with Gasteiger partial charge in [0.25, 0.3) is 5.69 Å². The van der Waals surface area contributed by atoms with Gasteiger partial charge in [-0.25, -0.2) is 4.98 Å². The molecule has 0 saturated carbocycles. The summed E-state index contributed by atoms with van der Waals surface area (Å²) in [6.45, 7) is 1.44. The lowest BCUT2D eigenvalue weighted by Gasteiger charge is -2.08. The molecule has 1 heterocycles. The van der Waals surface area contributed by atoms with E-state index in [0.29, 0.717) is 10.7 Å². The van der Waals surface area contributed by atoms with Gasteiger partial charge < -0.3 is 5.32 Å². The van der Waals surface area contributed by atoms with Crippen molar-refractivity contribution in [2.75, 3.05) is 5.32 Å². The second-order valence-corrected chi connectivity index (χ2v) is 4.95. The van der Waals surface area contributed by atoms with Crippen LogP contribution in [0.1, 0.15) is 6.92 Å². The van der Waals surface area contributed by atoms with E-state index < -0.39 is 4.92 Å². The van der Waals surface area contributed by atoms with Crippen molar-refractivity contribution < 1.29 is 9.72 Å². The molecule has 0 fully saturated rings. The zero-order valence-electron chi connectivity index (χ0n) is 10.6. The number of nitro groups is 1. The molecule has 0 atom stereocenters. The molecule has 0 bridgehead atoms. The van der Waals surface area contributed by atoms with E-state index in [1.807, 2.05) is 18.2 Å². The van der Waals surface area contributed by atoms with Gasteiger partial charge in [0.2, 0.25) is 5.91 Å². The Morgan fingerprint density at radius 2 is 2.05 bits per heavy atom. The summed E-state index contributed by atoms with van der Waals surface area (Å²) in [6.07, 6.45) is 1.21. The van der Waals surface area contributed by atoms with Crippen molar-refractivity contribution >= 4 is 29.0 Å². The third-order valence-electron chi connectivity index (χ3n) is 2.34. The normalized spacial score (nSPS) is 10.1. The lowest BCUT2D eigenvalue weighted by molar-refractivity contribution is -0.385. The number of benzene rings is 1. The summed E-state index contributed by atoms with van der Waals surface area (Å²) < 4.78 is 0. The van der Waals surface area contributed by atoms with Gasteiger partial charge in [0.15, 0.2) is 0 Å². The van der Waals surface area contributed by atoms with E-state index in [9.17, 15) is 14.9 Å². The van der Waals surface area contributed by atoms with Gasteiger partial charge >= 0.3 is 0 Å². The lowest BCUT2D eigenvalue weighted by Crippen LogP contribution is -2.06. The molecule has 1 aromatic heterocycles. The Morgan fingerprint density at radius 1 is 1.30 bits per heavy atom. The van der Waals surface area contributed by atoms with Crippen LogP contribution in [0.25, 0.3) is 0 Å². The van der Waals surface area contributed by atoms with Crippen LogP contribution >= 0.6 is 11.8 Å². The Hall–Kier alpha value is -2.41. The number of hydrogen-bond donors (Lipinski definition) is 1. The molecule has 6 nitrogen and oxygen atoms in total. The highest BCUT2D eigenvalue weighted by molar-refractivity contribution is 7.99. The number of amides is 1. The van der Waals surface area contributed by atoms with Crippen LogP contribution in [-0.4, -0.2) is 15.8 Å². The number of pyridine rings is 1. The molecule has 1 aromatic carbocycles. The van der Waals surface area contributed by atoms with Crippen LogP contribution in [0.5, 0.6) is 0 Å². The average Bonchev–Trinajstić information content (AvgIpc) is 2.41. The van der Waals surface area contributed by atoms with Crippen LogP contribution < -0.4 is 5.32 Å². The van der Waals surface area contributed by atoms with Crippen molar-refractivity contribution in [1.29, 1.82) is 0 Å². The minimum absolute atomic E-state index is 0.0514. The Morgan fingerprint density at radius 3 is 2.65 bits per heavy atom. The Labute approximate surface area is 119 Å². The fourth-order valence-electron chi connectivity index (χ4n) is 1.50. The quantitative estimate of drug-likeness (QED) is 0.690. The standard InChI is InChI=1S/C13H11N3O3S/c1-9(17)15-11-4-2-3-5-12(11)20-13-7-6-10(8-14-13)16(18)19/h2-8H,1H3,(H,15,17). The summed E-state index contributed by atoms with van der Waals surface area (Å²) in [5.74, 6) is -0.158. The predicted octanol–water partition coefficient (Wildman–Crippen LogP) is 3.10. The number of hydrogen-bond acceptors (Lipinski definition) is 5. The maximum Gasteiger partial charge on any atom is 0.287 e. The molecule has 20 heavy (non-hydrogen) atoms. The highest BCUT2D eigenvalue weighted by atomic mass is 32.2. The summed E-state index contributed by atoms with van der Waals surface area (Å²) in [4.78, 5) is 26.0. The number of nitrogens with zero attached hydrogens (tertiary/aromatic N) is 2. The van der Waals surface area contributed by atoms with Gasteiger partial charge in [0, 0.05) is 17.9 Å². The molecule has 102 valence electrons. The number of anilines is 1. The third-order valence-corrected chi connectivity index (χ3v) is 3.37. The van der Waals surface area contributed by atoms with E-state index in [1.165, 1.54) is 30.9 Å². The summed E-state index contributed by atoms with van der Waals surface area (Å²) in [5, 5.41) is 13.9. The topological polar surface area (TPSA) is 85.1 Å². The van der Waals surface area contributed by atoms with E-state index >= 15 is 0 Å². The molecule has 0 unspecified atom stereocenters. The van der Waals surface area contributed by atoms with Crippen LogP contribution in [0.4, 0.5) is 11.4 Å². The van der Waals surface area contributed by atoms with Crippen LogP contribution in [0.15, 0.2) is 52.5 Å². The van der Waals surface area contributed by atoms with Gasteiger partial charge in [0.1, 0.15) is 11.2 Å². The van der Waals surface area contributed by atoms with Crippen LogP contribution in [-0.2, 0) is 4.79 Å². The summed E-state index contributed by atoms with van der Waals surface area (Å²) >= 11 is 1.33. The average molecular weight is 289 g/mol. The molecule has 0 spiro atoms. The summed E-state index contributed by atoms with van der Waals surface area (Å²) in [6, 6.07) is 10.3. The minimum atomic E-state index is -0.493. The SMILES string of the molecule is CC(=O)Nc1ccccc1Sc1ccc([N+](=O)[O-])cn1. The molecule has 7 heteroatoms. The Kier molecular flexibility index (Phi) is 4.31. The maximum atomic E-state index is 11.1. The largest absolute Gasteiger partial charge is 0.325 e. The number of carbonyl (C=O) groups excluding carboxylic acids is 1. The predicted molar refractivity (Wildman–Crippen MR) is 75.8 cm³/mol. The Bertz CT molecular complexity index is 644. The molecular formula is C13H11N3O3S. The molecule has 2 aromatic rings. The lowest BCUT2D eigenvalue weighted by atomic mass is 10.3. The highest BCUT2D eigenvalue weighted by Gasteiger charge is 2.09. The van der Waals surface area contributed by atoms with Gasteiger partial charge in [-0.1, -0.05) is 23.9 Å². The Balaban J connectivity index is 2.21. The van der Waals surface area contributed by atoms with Gasteiger partial charge in [-0.05, 0) is 18.2 Å². The first kappa shape index (κ1) is 14.0. The fourth-order valence-corrected chi connectivity index (χ4v) is 2.34. The van der Waals surface area contributed by atoms with E-state index in [4.69, 9.17) is 0 Å². The molecule has 1 N–H and O–H groups in total. The fraction of sp³-hybridized carbons (Fsp3) is 0.0769. The smallest absolute Gasteiger partial charge is 0.287 e. The van der Waals surface area contributed by atoms with Crippen molar-refractivity contribution in [1.82, 2.24) is 4.98 Å². The van der Waals surface area contributed by atoms with Crippen molar-refractivity contribution in [3.05, 3.63) is 52.7 Å². The summed E-state index contributed by atoms with van der Waals surface area (Å²) in [5.41, 5.74) is 0.634. The van der Waals surface area contributed by atoms with Crippen LogP contribution in [0.3, 0.4) is 0 Å². The molecule has 0 aliphatic rings. The van der Waals surface area contributed by atoms with E-state index in [1.54, 1.807) is 12.1 Å². The monoisotopic (exact) mass is 289 g/mol. The zero-order chi connectivity index (χ0) is 14.5. The van der Waals surface area contributed by atoms with Gasteiger partial charge in [-0.3, -0.25) is 14.9 Å². The third kappa shape index (κ3) is 3.55. The molecule has 0 radical (unpaired) electrons. The number of nitrogens with one attached hydrogen (secondary N) is 1. The second kappa shape index (κ2) is 6.16. The number of para-hydroxylation sites is 1. The zero-order valence-corrected chi connectivity index (χ0v) is 11.4. The van der Waals surface area contributed by atoms with Crippen LogP contribution in [0.2, 0.25) is 0 Å². The molecule has 2 rings (SSSR count). The molecule has 1 amide bonds. The second-order valence-electron chi connectivity index (χ2n) is 3.89. The molecule has 0 saturated heterocycles. The van der Waals surface area contributed by atoms with Gasteiger partial charge in [0.05, 0.1) is 10.6 Å². The van der Waals surface area contributed by atoms with E-state index in [-0.39, 0.29) is 11.6 Å². The van der Waals surface area contributed by atoms with Gasteiger partial charge in [-0.15, -0.1) is 0 Å². The van der Waals surface area contributed by atoms with Crippen LogP contribution in [0, 0.1) is 10.1 Å². The van der Waals surface area contributed by atoms with E-state index in [2.05, 4.69) is 10.3 Å². The first-order valence-corrected chi connectivity index (χ1v) is 6.53. The highest BCUT2D eigenvalue weighted by Crippen LogP contribution is 2.32. The van der Waals surface area contributed by atoms with Crippen molar-refractivity contribution in [2.24, 2.45) is 0 Å². The molecule has 0 aliphatic carbocycles. The summed E-state index contributed by atoms with van der Waals surface area (Å²) in [7, 11) is 0. The van der Waals surface area contributed by atoms with Crippen molar-refractivity contribution in [2.45, 2.75) is 16.8 Å². The number of carbonyl (C=O) groups is 1. The first-order valence-electron chi connectivity index (χ1n) is 5.71. The first-order chi connectivity index (χ1) is 9.56. The molecule has 0 aliphatic heterocycles. The molecular weight excluding hydrogens is 278 g/mol. The minimum Gasteiger partial charge on any atom is -0.325 e. The number of rotatable bonds is 4. The van der Waals surface area contributed by atoms with Crippen molar-refractivity contribution in [3.63, 3.8) is 0 Å².